The highest BCUT2D eigenvalue weighted by atomic mass is 32.2. The summed E-state index contributed by atoms with van der Waals surface area (Å²) < 4.78 is 3.80. The molecule has 6 heterocycles. The van der Waals surface area contributed by atoms with Crippen molar-refractivity contribution in [3.63, 3.8) is 0 Å². The first-order valence-corrected chi connectivity index (χ1v) is 15.3. The minimum Gasteiger partial charge on any atom is -0.544 e. The van der Waals surface area contributed by atoms with Crippen LogP contribution in [0.1, 0.15) is 5.01 Å². The fourth-order valence-corrected chi connectivity index (χ4v) is 10.5. The van der Waals surface area contributed by atoms with E-state index in [2.05, 4.69) is 6.07 Å². The number of hydrogen-bond donors (Lipinski definition) is 1. The molecule has 0 saturated carbocycles. The summed E-state index contributed by atoms with van der Waals surface area (Å²) in [5.41, 5.74) is 1.73. The molecule has 0 fully saturated rings. The van der Waals surface area contributed by atoms with Crippen molar-refractivity contribution in [3.8, 4) is 19.5 Å². The van der Waals surface area contributed by atoms with E-state index in [9.17, 15) is 19.8 Å². The molecule has 1 aliphatic heterocycles. The van der Waals surface area contributed by atoms with E-state index in [1.807, 2.05) is 47.2 Å². The average Bonchev–Trinajstić information content (AvgIpc) is 3.62. The number of thiazole rings is 1. The van der Waals surface area contributed by atoms with Crippen molar-refractivity contribution in [2.75, 3.05) is 11.4 Å². The zero-order valence-corrected chi connectivity index (χ0v) is 22.5. The maximum absolute atomic E-state index is 11.7. The van der Waals surface area contributed by atoms with Crippen LogP contribution in [0.3, 0.4) is 0 Å². The van der Waals surface area contributed by atoms with Gasteiger partial charge >= 0.3 is 5.97 Å². The zero-order valence-electron chi connectivity index (χ0n) is 17.6. The molecule has 0 saturated heterocycles. The predicted octanol–water partition coefficient (Wildman–Crippen LogP) is 5.51. The molecule has 0 unspecified atom stereocenters. The van der Waals surface area contributed by atoms with Gasteiger partial charge in [0, 0.05) is 20.7 Å². The number of carbonyl (C=O) groups excluding carboxylic acids is 1. The van der Waals surface area contributed by atoms with Gasteiger partial charge in [-0.3, -0.25) is 4.79 Å². The minimum absolute atomic E-state index is 0.171. The average molecular weight is 575 g/mol. The predicted molar refractivity (Wildman–Crippen MR) is 145 cm³/mol. The molecule has 0 aromatic carbocycles. The second-order valence-corrected chi connectivity index (χ2v) is 14.1. The molecule has 0 amide bonds. The summed E-state index contributed by atoms with van der Waals surface area (Å²) in [5.74, 6) is -2.09. The van der Waals surface area contributed by atoms with E-state index >= 15 is 0 Å². The lowest BCUT2D eigenvalue weighted by molar-refractivity contribution is -0.663. The van der Waals surface area contributed by atoms with Crippen LogP contribution in [0.2, 0.25) is 0 Å². The maximum atomic E-state index is 11.7. The van der Waals surface area contributed by atoms with Gasteiger partial charge in [0.25, 0.3) is 5.01 Å². The van der Waals surface area contributed by atoms with Gasteiger partial charge in [0.05, 0.1) is 25.9 Å². The van der Waals surface area contributed by atoms with E-state index in [4.69, 9.17) is 0 Å². The molecule has 12 heteroatoms. The maximum Gasteiger partial charge on any atom is 0.323 e. The van der Waals surface area contributed by atoms with Gasteiger partial charge in [-0.05, 0) is 29.0 Å². The second-order valence-electron chi connectivity index (χ2n) is 7.48. The summed E-state index contributed by atoms with van der Waals surface area (Å²) in [6.07, 6.45) is 1.90. The number of hydrogen-bond acceptors (Lipinski definition) is 10. The van der Waals surface area contributed by atoms with Gasteiger partial charge in [-0.15, -0.1) is 45.3 Å². The van der Waals surface area contributed by atoms with Crippen LogP contribution in [0, 0.1) is 0 Å². The van der Waals surface area contributed by atoms with Crippen LogP contribution in [0.15, 0.2) is 56.4 Å². The molecule has 6 nitrogen and oxygen atoms in total. The Bertz CT molecular complexity index is 1590. The lowest BCUT2D eigenvalue weighted by Crippen LogP contribution is -2.44. The third-order valence-corrected chi connectivity index (χ3v) is 12.1. The summed E-state index contributed by atoms with van der Waals surface area (Å²) >= 11 is 9.60. The van der Waals surface area contributed by atoms with Crippen molar-refractivity contribution in [1.82, 2.24) is 0 Å². The van der Waals surface area contributed by atoms with Gasteiger partial charge in [0.1, 0.15) is 12.5 Å². The number of anilines is 1. The normalized spacial score (nSPS) is 14.3. The molecule has 1 aliphatic rings. The van der Waals surface area contributed by atoms with Crippen LogP contribution < -0.4 is 14.6 Å². The molecular formula is C23H14N2O4S6. The molecule has 176 valence electrons. The summed E-state index contributed by atoms with van der Waals surface area (Å²) in [4.78, 5) is 29.6. The number of carboxylic acids is 2. The van der Waals surface area contributed by atoms with E-state index < -0.39 is 11.9 Å². The van der Waals surface area contributed by atoms with Crippen LogP contribution >= 0.6 is 68.4 Å². The van der Waals surface area contributed by atoms with Crippen molar-refractivity contribution in [3.05, 3.63) is 57.2 Å². The summed E-state index contributed by atoms with van der Waals surface area (Å²) in [7, 11) is 0. The summed E-state index contributed by atoms with van der Waals surface area (Å²) in [5, 5.41) is 26.8. The number of carboxylic acid groups (broad SMARTS) is 2. The Labute approximate surface area is 223 Å². The molecule has 5 aromatic rings. The number of rotatable bonds is 7. The molecular weight excluding hydrogens is 561 g/mol. The van der Waals surface area contributed by atoms with Crippen LogP contribution in [-0.4, -0.2) is 23.6 Å². The third kappa shape index (κ3) is 4.34. The molecule has 0 atom stereocenters. The van der Waals surface area contributed by atoms with E-state index in [-0.39, 0.29) is 13.1 Å². The van der Waals surface area contributed by atoms with E-state index in [1.165, 1.54) is 23.1 Å². The van der Waals surface area contributed by atoms with Crippen LogP contribution in [0.4, 0.5) is 5.69 Å². The molecule has 35 heavy (non-hydrogen) atoms. The topological polar surface area (TPSA) is 84.5 Å². The molecule has 0 radical (unpaired) electrons. The number of thiophene rings is 4. The van der Waals surface area contributed by atoms with Crippen molar-refractivity contribution in [2.45, 2.75) is 10.8 Å². The summed E-state index contributed by atoms with van der Waals surface area (Å²) in [6.45, 7) is -0.442. The molecule has 0 aliphatic carbocycles. The van der Waals surface area contributed by atoms with Crippen LogP contribution in [0.25, 0.3) is 35.1 Å². The van der Waals surface area contributed by atoms with Crippen molar-refractivity contribution >= 4 is 102 Å². The molecule has 5 aromatic heterocycles. The Kier molecular flexibility index (Phi) is 6.03. The fraction of sp³-hybridized carbons (Fsp3) is 0.0870. The van der Waals surface area contributed by atoms with Gasteiger partial charge < -0.3 is 19.9 Å². The standard InChI is InChI=1S/C23H14N2O4S6/c26-20(27)10-24-12-7-16(14-3-1-5-30-14)32-22(12)34-18(24)9-19-25(11-21(28)29)13-8-17(33-23(13)35-19)15-4-2-6-31-15/h1-9H,10-11H2,(H-,26,27,28,29). The van der Waals surface area contributed by atoms with E-state index in [1.54, 1.807) is 54.8 Å². The monoisotopic (exact) mass is 574 g/mol. The molecule has 0 spiro atoms. The Balaban J connectivity index is 1.41. The van der Waals surface area contributed by atoms with Gasteiger partial charge in [-0.25, -0.2) is 0 Å². The first-order valence-electron chi connectivity index (χ1n) is 10.2. The fourth-order valence-electron chi connectivity index (χ4n) is 3.78. The first kappa shape index (κ1) is 23.0. The highest BCUT2D eigenvalue weighted by molar-refractivity contribution is 8.05. The van der Waals surface area contributed by atoms with Crippen molar-refractivity contribution < 1.29 is 24.4 Å². The Morgan fingerprint density at radius 3 is 2.34 bits per heavy atom. The lowest BCUT2D eigenvalue weighted by atomic mass is 10.3. The van der Waals surface area contributed by atoms with Gasteiger partial charge in [-0.2, -0.15) is 4.57 Å². The largest absolute Gasteiger partial charge is 0.544 e. The summed E-state index contributed by atoms with van der Waals surface area (Å²) in [6, 6.07) is 12.2. The van der Waals surface area contributed by atoms with Gasteiger partial charge in [0.15, 0.2) is 10.6 Å². The number of nitrogens with zero attached hydrogens (tertiary/aromatic N) is 2. The first-order chi connectivity index (χ1) is 17.0. The zero-order chi connectivity index (χ0) is 24.1. The molecule has 6 rings (SSSR count). The van der Waals surface area contributed by atoms with E-state index in [0.29, 0.717) is 0 Å². The van der Waals surface area contributed by atoms with E-state index in [0.717, 1.165) is 49.0 Å². The van der Waals surface area contributed by atoms with Gasteiger partial charge in [0.2, 0.25) is 5.52 Å². The molecule has 0 bridgehead atoms. The Morgan fingerprint density at radius 1 is 1.00 bits per heavy atom. The van der Waals surface area contributed by atoms with Crippen LogP contribution in [0.5, 0.6) is 0 Å². The number of fused-ring (bicyclic) bond motifs is 2. The Hall–Kier alpha value is -2.48. The van der Waals surface area contributed by atoms with Crippen molar-refractivity contribution in [2.24, 2.45) is 0 Å². The number of carbonyl (C=O) groups is 2. The number of aromatic nitrogens is 1. The highest BCUT2D eigenvalue weighted by Crippen LogP contribution is 2.53. The number of aliphatic carboxylic acids is 2. The SMILES string of the molecule is O=C([O-])C[n+]1c(C=C2Sc3sc(-c4cccs4)cc3N2CC(=O)O)sc2sc(-c3cccs3)cc21. The highest BCUT2D eigenvalue weighted by Gasteiger charge is 2.32. The van der Waals surface area contributed by atoms with Crippen molar-refractivity contribution in [1.29, 1.82) is 0 Å². The molecule has 1 N–H and O–H groups in total. The lowest BCUT2D eigenvalue weighted by Gasteiger charge is -2.16. The number of thioether (sulfide) groups is 1. The quantitative estimate of drug-likeness (QED) is 0.258. The van der Waals surface area contributed by atoms with Crippen LogP contribution in [-0.2, 0) is 16.1 Å². The van der Waals surface area contributed by atoms with Gasteiger partial charge in [-0.1, -0.05) is 35.2 Å². The second kappa shape index (κ2) is 9.19. The third-order valence-electron chi connectivity index (χ3n) is 5.22. The Morgan fingerprint density at radius 2 is 1.71 bits per heavy atom. The smallest absolute Gasteiger partial charge is 0.323 e. The minimum atomic E-state index is -1.17.